The Morgan fingerprint density at radius 3 is 2.94 bits per heavy atom. The summed E-state index contributed by atoms with van der Waals surface area (Å²) < 4.78 is 5.04. The molecule has 2 fully saturated rings. The molecule has 0 aliphatic carbocycles. The van der Waals surface area contributed by atoms with Crippen LogP contribution in [-0.4, -0.2) is 49.7 Å². The topological polar surface area (TPSA) is 41.6 Å². The highest BCUT2D eigenvalue weighted by Crippen LogP contribution is 2.34. The fourth-order valence-electron chi connectivity index (χ4n) is 3.38. The van der Waals surface area contributed by atoms with Crippen molar-refractivity contribution < 1.29 is 9.53 Å². The minimum atomic E-state index is -0.400. The predicted molar refractivity (Wildman–Crippen MR) is 66.8 cm³/mol. The van der Waals surface area contributed by atoms with E-state index in [2.05, 4.69) is 17.1 Å². The molecule has 0 aromatic heterocycles. The molecule has 0 aromatic carbocycles. The van der Waals surface area contributed by atoms with E-state index in [0.717, 1.165) is 38.9 Å². The van der Waals surface area contributed by atoms with E-state index < -0.39 is 5.54 Å². The van der Waals surface area contributed by atoms with Crippen molar-refractivity contribution in [2.24, 2.45) is 5.92 Å². The zero-order chi connectivity index (χ0) is 12.3. The Hall–Kier alpha value is -0.610. The monoisotopic (exact) mass is 240 g/mol. The SMILES string of the molecule is CCN1CCCC(C2(C(=O)OC)CCCN2)C1. The molecule has 0 spiro atoms. The summed E-state index contributed by atoms with van der Waals surface area (Å²) in [5.41, 5.74) is -0.400. The molecule has 4 heteroatoms. The Bertz CT molecular complexity index is 275. The predicted octanol–water partition coefficient (Wildman–Crippen LogP) is 1.01. The lowest BCUT2D eigenvalue weighted by Gasteiger charge is -2.41. The number of carbonyl (C=O) groups is 1. The van der Waals surface area contributed by atoms with Crippen LogP contribution >= 0.6 is 0 Å². The van der Waals surface area contributed by atoms with Crippen molar-refractivity contribution in [3.05, 3.63) is 0 Å². The summed E-state index contributed by atoms with van der Waals surface area (Å²) in [5, 5.41) is 3.43. The van der Waals surface area contributed by atoms with Crippen molar-refractivity contribution in [2.45, 2.75) is 38.1 Å². The number of carbonyl (C=O) groups excluding carboxylic acids is 1. The first-order valence-electron chi connectivity index (χ1n) is 6.78. The second-order valence-corrected chi connectivity index (χ2v) is 5.23. The van der Waals surface area contributed by atoms with Crippen molar-refractivity contribution in [1.82, 2.24) is 10.2 Å². The van der Waals surface area contributed by atoms with Gasteiger partial charge < -0.3 is 15.0 Å². The molecule has 2 heterocycles. The molecule has 98 valence electrons. The molecular weight excluding hydrogens is 216 g/mol. The van der Waals surface area contributed by atoms with Crippen LogP contribution < -0.4 is 5.32 Å². The van der Waals surface area contributed by atoms with Crippen molar-refractivity contribution in [2.75, 3.05) is 33.3 Å². The Kier molecular flexibility index (Phi) is 4.05. The van der Waals surface area contributed by atoms with Gasteiger partial charge in [0.25, 0.3) is 0 Å². The maximum Gasteiger partial charge on any atom is 0.326 e. The van der Waals surface area contributed by atoms with Crippen LogP contribution in [0.15, 0.2) is 0 Å². The number of hydrogen-bond acceptors (Lipinski definition) is 4. The summed E-state index contributed by atoms with van der Waals surface area (Å²) in [6.45, 7) is 6.41. The summed E-state index contributed by atoms with van der Waals surface area (Å²) in [7, 11) is 1.50. The summed E-state index contributed by atoms with van der Waals surface area (Å²) in [4.78, 5) is 14.6. The van der Waals surface area contributed by atoms with Gasteiger partial charge in [0.15, 0.2) is 0 Å². The van der Waals surface area contributed by atoms with Gasteiger partial charge in [-0.3, -0.25) is 4.79 Å². The van der Waals surface area contributed by atoms with Gasteiger partial charge in [0.2, 0.25) is 0 Å². The fraction of sp³-hybridized carbons (Fsp3) is 0.923. The molecule has 0 radical (unpaired) electrons. The normalized spacial score (nSPS) is 34.8. The Morgan fingerprint density at radius 2 is 2.35 bits per heavy atom. The lowest BCUT2D eigenvalue weighted by molar-refractivity contribution is -0.151. The molecule has 0 saturated carbocycles. The lowest BCUT2D eigenvalue weighted by atomic mass is 9.77. The standard InChI is InChI=1S/C13H24N2O2/c1-3-15-9-4-6-11(10-15)13(12(16)17-2)7-5-8-14-13/h11,14H,3-10H2,1-2H3. The second kappa shape index (κ2) is 5.36. The minimum absolute atomic E-state index is 0.0575. The molecule has 2 saturated heterocycles. The van der Waals surface area contributed by atoms with E-state index in [4.69, 9.17) is 4.74 Å². The van der Waals surface area contributed by atoms with E-state index in [0.29, 0.717) is 5.92 Å². The highest BCUT2D eigenvalue weighted by Gasteiger charge is 2.49. The van der Waals surface area contributed by atoms with Gasteiger partial charge in [-0.2, -0.15) is 0 Å². The molecule has 2 aliphatic heterocycles. The Morgan fingerprint density at radius 1 is 1.53 bits per heavy atom. The van der Waals surface area contributed by atoms with E-state index >= 15 is 0 Å². The van der Waals surface area contributed by atoms with Gasteiger partial charge in [-0.1, -0.05) is 6.92 Å². The third-order valence-corrected chi connectivity index (χ3v) is 4.39. The summed E-state index contributed by atoms with van der Waals surface area (Å²) >= 11 is 0. The van der Waals surface area contributed by atoms with Crippen LogP contribution in [0.5, 0.6) is 0 Å². The van der Waals surface area contributed by atoms with E-state index in [1.54, 1.807) is 0 Å². The molecular formula is C13H24N2O2. The van der Waals surface area contributed by atoms with Crippen LogP contribution in [0.2, 0.25) is 0 Å². The quantitative estimate of drug-likeness (QED) is 0.748. The smallest absolute Gasteiger partial charge is 0.326 e. The summed E-state index contributed by atoms with van der Waals surface area (Å²) in [5.74, 6) is 0.351. The molecule has 0 aromatic rings. The summed E-state index contributed by atoms with van der Waals surface area (Å²) in [6, 6.07) is 0. The highest BCUT2D eigenvalue weighted by atomic mass is 16.5. The fourth-order valence-corrected chi connectivity index (χ4v) is 3.38. The van der Waals surface area contributed by atoms with Crippen molar-refractivity contribution >= 4 is 5.97 Å². The Balaban J connectivity index is 2.13. The average molecular weight is 240 g/mol. The molecule has 2 unspecified atom stereocenters. The molecule has 2 atom stereocenters. The van der Waals surface area contributed by atoms with Crippen LogP contribution in [-0.2, 0) is 9.53 Å². The number of hydrogen-bond donors (Lipinski definition) is 1. The number of rotatable bonds is 3. The van der Waals surface area contributed by atoms with Gasteiger partial charge in [-0.25, -0.2) is 0 Å². The van der Waals surface area contributed by atoms with Crippen molar-refractivity contribution in [3.63, 3.8) is 0 Å². The number of nitrogens with zero attached hydrogens (tertiary/aromatic N) is 1. The third-order valence-electron chi connectivity index (χ3n) is 4.39. The van der Waals surface area contributed by atoms with Crippen LogP contribution in [0.1, 0.15) is 32.6 Å². The largest absolute Gasteiger partial charge is 0.468 e. The first-order chi connectivity index (χ1) is 8.23. The Labute approximate surface area is 104 Å². The van der Waals surface area contributed by atoms with E-state index in [-0.39, 0.29) is 5.97 Å². The molecule has 2 aliphatic rings. The molecule has 1 N–H and O–H groups in total. The number of esters is 1. The number of piperidine rings is 1. The van der Waals surface area contributed by atoms with Gasteiger partial charge in [0, 0.05) is 12.5 Å². The van der Waals surface area contributed by atoms with Gasteiger partial charge in [-0.15, -0.1) is 0 Å². The molecule has 0 amide bonds. The minimum Gasteiger partial charge on any atom is -0.468 e. The number of methoxy groups -OCH3 is 1. The first kappa shape index (κ1) is 12.8. The third kappa shape index (κ3) is 2.33. The maximum absolute atomic E-state index is 12.1. The van der Waals surface area contributed by atoms with Crippen molar-refractivity contribution in [1.29, 1.82) is 0 Å². The van der Waals surface area contributed by atoms with E-state index in [1.165, 1.54) is 20.1 Å². The number of likely N-dealkylation sites (tertiary alicyclic amines) is 1. The number of nitrogens with one attached hydrogen (secondary N) is 1. The van der Waals surface area contributed by atoms with Crippen LogP contribution in [0.4, 0.5) is 0 Å². The molecule has 4 nitrogen and oxygen atoms in total. The lowest BCUT2D eigenvalue weighted by Crippen LogP contribution is -2.58. The van der Waals surface area contributed by atoms with Gasteiger partial charge in [0.1, 0.15) is 5.54 Å². The van der Waals surface area contributed by atoms with Gasteiger partial charge in [0.05, 0.1) is 7.11 Å². The zero-order valence-corrected chi connectivity index (χ0v) is 11.0. The first-order valence-corrected chi connectivity index (χ1v) is 6.78. The molecule has 0 bridgehead atoms. The highest BCUT2D eigenvalue weighted by molar-refractivity contribution is 5.81. The van der Waals surface area contributed by atoms with Gasteiger partial charge >= 0.3 is 5.97 Å². The van der Waals surface area contributed by atoms with Crippen LogP contribution in [0, 0.1) is 5.92 Å². The maximum atomic E-state index is 12.1. The zero-order valence-electron chi connectivity index (χ0n) is 11.0. The summed E-state index contributed by atoms with van der Waals surface area (Å²) in [6.07, 6.45) is 4.34. The second-order valence-electron chi connectivity index (χ2n) is 5.23. The molecule has 17 heavy (non-hydrogen) atoms. The molecule has 2 rings (SSSR count). The van der Waals surface area contributed by atoms with Crippen LogP contribution in [0.25, 0.3) is 0 Å². The average Bonchev–Trinajstić information content (AvgIpc) is 2.88. The van der Waals surface area contributed by atoms with Gasteiger partial charge in [-0.05, 0) is 45.3 Å². The van der Waals surface area contributed by atoms with Crippen LogP contribution in [0.3, 0.4) is 0 Å². The van der Waals surface area contributed by atoms with Crippen molar-refractivity contribution in [3.8, 4) is 0 Å². The van der Waals surface area contributed by atoms with E-state index in [1.807, 2.05) is 0 Å². The van der Waals surface area contributed by atoms with E-state index in [9.17, 15) is 4.79 Å². The number of ether oxygens (including phenoxy) is 1.